The number of piperidine rings is 1. The predicted octanol–water partition coefficient (Wildman–Crippen LogP) is 1.25. The summed E-state index contributed by atoms with van der Waals surface area (Å²) in [6.45, 7) is 1.59. The number of anilines is 1. The largest absolute Gasteiger partial charge is 0.481 e. The first-order valence-corrected chi connectivity index (χ1v) is 8.55. The average Bonchev–Trinajstić information content (AvgIpc) is 3.11. The number of aliphatic carboxylic acids is 1. The Labute approximate surface area is 118 Å². The number of hydrogen-bond acceptors (Lipinski definition) is 4. The lowest BCUT2D eigenvalue weighted by Crippen LogP contribution is -2.31. The van der Waals surface area contributed by atoms with E-state index in [0.29, 0.717) is 10.8 Å². The molecule has 0 radical (unpaired) electrons. The third kappa shape index (κ3) is 2.28. The minimum absolute atomic E-state index is 0.185. The molecule has 1 aromatic carbocycles. The molecule has 1 saturated carbocycles. The third-order valence-electron chi connectivity index (χ3n) is 4.41. The predicted molar refractivity (Wildman–Crippen MR) is 74.5 cm³/mol. The molecule has 1 aromatic rings. The van der Waals surface area contributed by atoms with Gasteiger partial charge >= 0.3 is 5.97 Å². The van der Waals surface area contributed by atoms with Crippen molar-refractivity contribution >= 4 is 21.5 Å². The second kappa shape index (κ2) is 4.48. The van der Waals surface area contributed by atoms with Gasteiger partial charge in [-0.15, -0.1) is 0 Å². The zero-order chi connectivity index (χ0) is 14.5. The van der Waals surface area contributed by atoms with E-state index in [1.54, 1.807) is 24.3 Å². The molecule has 1 saturated heterocycles. The van der Waals surface area contributed by atoms with Crippen LogP contribution in [0.2, 0.25) is 0 Å². The fourth-order valence-corrected chi connectivity index (χ4v) is 3.87. The zero-order valence-corrected chi connectivity index (χ0v) is 12.0. The smallest absolute Gasteiger partial charge is 0.307 e. The summed E-state index contributed by atoms with van der Waals surface area (Å²) in [4.78, 5) is 13.5. The van der Waals surface area contributed by atoms with E-state index < -0.39 is 15.8 Å². The van der Waals surface area contributed by atoms with Gasteiger partial charge < -0.3 is 10.0 Å². The van der Waals surface area contributed by atoms with Gasteiger partial charge in [-0.2, -0.15) is 0 Å². The van der Waals surface area contributed by atoms with E-state index in [9.17, 15) is 13.2 Å². The Morgan fingerprint density at radius 1 is 1.25 bits per heavy atom. The number of rotatable bonds is 3. The maximum Gasteiger partial charge on any atom is 0.307 e. The summed E-state index contributed by atoms with van der Waals surface area (Å²) >= 11 is 0. The van der Waals surface area contributed by atoms with Crippen LogP contribution in [0.3, 0.4) is 0 Å². The van der Waals surface area contributed by atoms with Gasteiger partial charge in [0.25, 0.3) is 0 Å². The van der Waals surface area contributed by atoms with Crippen molar-refractivity contribution in [3.05, 3.63) is 24.3 Å². The molecule has 3 atom stereocenters. The molecule has 0 unspecified atom stereocenters. The average molecular weight is 295 g/mol. The van der Waals surface area contributed by atoms with Crippen LogP contribution in [0.15, 0.2) is 29.2 Å². The third-order valence-corrected chi connectivity index (χ3v) is 5.54. The molecule has 0 bridgehead atoms. The van der Waals surface area contributed by atoms with Crippen molar-refractivity contribution < 1.29 is 18.3 Å². The van der Waals surface area contributed by atoms with E-state index in [1.807, 2.05) is 0 Å². The lowest BCUT2D eigenvalue weighted by molar-refractivity contribution is -0.139. The summed E-state index contributed by atoms with van der Waals surface area (Å²) < 4.78 is 22.8. The Morgan fingerprint density at radius 2 is 1.90 bits per heavy atom. The first-order chi connectivity index (χ1) is 9.38. The van der Waals surface area contributed by atoms with E-state index in [0.717, 1.165) is 25.2 Å². The normalized spacial score (nSPS) is 28.9. The Bertz CT molecular complexity index is 638. The van der Waals surface area contributed by atoms with Crippen LogP contribution in [0, 0.1) is 17.8 Å². The van der Waals surface area contributed by atoms with Crippen molar-refractivity contribution in [3.63, 3.8) is 0 Å². The van der Waals surface area contributed by atoms with Crippen molar-refractivity contribution in [2.24, 2.45) is 17.8 Å². The highest BCUT2D eigenvalue weighted by molar-refractivity contribution is 7.90. The molecule has 5 nitrogen and oxygen atoms in total. The minimum atomic E-state index is -3.17. The van der Waals surface area contributed by atoms with Gasteiger partial charge in [-0.1, -0.05) is 0 Å². The first kappa shape index (κ1) is 13.4. The summed E-state index contributed by atoms with van der Waals surface area (Å²) in [5, 5.41) is 9.08. The maximum absolute atomic E-state index is 11.4. The highest BCUT2D eigenvalue weighted by atomic mass is 32.2. The van der Waals surface area contributed by atoms with Gasteiger partial charge in [0.2, 0.25) is 0 Å². The summed E-state index contributed by atoms with van der Waals surface area (Å²) in [6.07, 6.45) is 2.09. The number of sulfone groups is 1. The van der Waals surface area contributed by atoms with Crippen LogP contribution in [0.1, 0.15) is 6.42 Å². The molecule has 108 valence electrons. The van der Waals surface area contributed by atoms with Crippen LogP contribution in [-0.4, -0.2) is 38.8 Å². The van der Waals surface area contributed by atoms with Gasteiger partial charge in [-0.3, -0.25) is 4.79 Å². The van der Waals surface area contributed by atoms with E-state index in [-0.39, 0.29) is 11.8 Å². The topological polar surface area (TPSA) is 74.7 Å². The maximum atomic E-state index is 11.4. The van der Waals surface area contributed by atoms with Gasteiger partial charge in [0.05, 0.1) is 10.8 Å². The molecule has 20 heavy (non-hydrogen) atoms. The number of benzene rings is 1. The van der Waals surface area contributed by atoms with Crippen LogP contribution in [0.5, 0.6) is 0 Å². The van der Waals surface area contributed by atoms with Crippen LogP contribution in [-0.2, 0) is 14.6 Å². The monoisotopic (exact) mass is 295 g/mol. The van der Waals surface area contributed by atoms with E-state index in [1.165, 1.54) is 6.26 Å². The second-order valence-electron chi connectivity index (χ2n) is 5.69. The lowest BCUT2D eigenvalue weighted by atomic mass is 10.1. The van der Waals surface area contributed by atoms with Crippen molar-refractivity contribution in [1.82, 2.24) is 0 Å². The Kier molecular flexibility index (Phi) is 3.01. The Balaban J connectivity index is 1.73. The van der Waals surface area contributed by atoms with Gasteiger partial charge in [0.15, 0.2) is 9.84 Å². The van der Waals surface area contributed by atoms with Crippen LogP contribution >= 0.6 is 0 Å². The number of carbonyl (C=O) groups is 1. The van der Waals surface area contributed by atoms with E-state index in [4.69, 9.17) is 5.11 Å². The highest BCUT2D eigenvalue weighted by Gasteiger charge is 2.56. The minimum Gasteiger partial charge on any atom is -0.481 e. The Morgan fingerprint density at radius 3 is 2.45 bits per heavy atom. The quantitative estimate of drug-likeness (QED) is 0.908. The van der Waals surface area contributed by atoms with Crippen molar-refractivity contribution in [2.45, 2.75) is 11.3 Å². The van der Waals surface area contributed by atoms with Gasteiger partial charge in [-0.25, -0.2) is 8.42 Å². The molecule has 0 aromatic heterocycles. The molecule has 2 fully saturated rings. The zero-order valence-electron chi connectivity index (χ0n) is 11.2. The molecule has 1 aliphatic carbocycles. The molecule has 2 aliphatic rings. The SMILES string of the molecule is CS(=O)(=O)c1ccc(N2CC[C@H]3[C@@H](C2)[C@H]3C(=O)O)cc1. The number of hydrogen-bond donors (Lipinski definition) is 1. The number of carboxylic acids is 1. The van der Waals surface area contributed by atoms with Crippen LogP contribution < -0.4 is 4.90 Å². The number of fused-ring (bicyclic) bond motifs is 1. The summed E-state index contributed by atoms with van der Waals surface area (Å²) in [5.41, 5.74) is 0.965. The number of nitrogens with zero attached hydrogens (tertiary/aromatic N) is 1. The molecule has 1 N–H and O–H groups in total. The molecule has 0 amide bonds. The molecule has 1 aliphatic heterocycles. The van der Waals surface area contributed by atoms with E-state index >= 15 is 0 Å². The summed E-state index contributed by atoms with van der Waals surface area (Å²) in [5.74, 6) is -0.292. The molecule has 6 heteroatoms. The molecule has 1 heterocycles. The van der Waals surface area contributed by atoms with Crippen molar-refractivity contribution in [3.8, 4) is 0 Å². The van der Waals surface area contributed by atoms with Gasteiger partial charge in [0.1, 0.15) is 0 Å². The van der Waals surface area contributed by atoms with Crippen LogP contribution in [0.4, 0.5) is 5.69 Å². The molecule has 0 spiro atoms. The van der Waals surface area contributed by atoms with Crippen LogP contribution in [0.25, 0.3) is 0 Å². The standard InChI is InChI=1S/C14H17NO4S/c1-20(18,19)10-4-2-9(3-5-10)15-7-6-11-12(8-15)13(11)14(16)17/h2-5,11-13H,6-8H2,1H3,(H,16,17)/t11-,12+,13-/m0/s1. The fraction of sp³-hybridized carbons (Fsp3) is 0.500. The molecular weight excluding hydrogens is 278 g/mol. The number of carboxylic acid groups (broad SMARTS) is 1. The van der Waals surface area contributed by atoms with Gasteiger partial charge in [0, 0.05) is 25.0 Å². The highest BCUT2D eigenvalue weighted by Crippen LogP contribution is 2.52. The lowest BCUT2D eigenvalue weighted by Gasteiger charge is -2.28. The molecular formula is C14H17NO4S. The van der Waals surface area contributed by atoms with E-state index in [2.05, 4.69) is 4.90 Å². The summed E-state index contributed by atoms with van der Waals surface area (Å²) in [7, 11) is -3.17. The first-order valence-electron chi connectivity index (χ1n) is 6.66. The van der Waals surface area contributed by atoms with Crippen molar-refractivity contribution in [2.75, 3.05) is 24.2 Å². The van der Waals surface area contributed by atoms with Crippen molar-refractivity contribution in [1.29, 1.82) is 0 Å². The summed E-state index contributed by atoms with van der Waals surface area (Å²) in [6, 6.07) is 6.82. The van der Waals surface area contributed by atoms with Gasteiger partial charge in [-0.05, 0) is 42.5 Å². The second-order valence-corrected chi connectivity index (χ2v) is 7.71. The Hall–Kier alpha value is -1.56. The fourth-order valence-electron chi connectivity index (χ4n) is 3.24. The molecule has 3 rings (SSSR count).